The van der Waals surface area contributed by atoms with Crippen molar-refractivity contribution in [3.8, 4) is 12.3 Å². The van der Waals surface area contributed by atoms with E-state index in [0.29, 0.717) is 18.0 Å². The molecule has 5 nitrogen and oxygen atoms in total. The Morgan fingerprint density at radius 1 is 1.81 bits per heavy atom. The lowest BCUT2D eigenvalue weighted by Gasteiger charge is -2.18. The zero-order valence-electron chi connectivity index (χ0n) is 9.43. The fourth-order valence-electron chi connectivity index (χ4n) is 1.31. The van der Waals surface area contributed by atoms with Crippen molar-refractivity contribution >= 4 is 5.91 Å². The van der Waals surface area contributed by atoms with Gasteiger partial charge in [0.2, 0.25) is 5.91 Å². The third-order valence-electron chi connectivity index (χ3n) is 2.11. The van der Waals surface area contributed by atoms with Crippen LogP contribution in [0.15, 0.2) is 10.6 Å². The predicted octanol–water partition coefficient (Wildman–Crippen LogP) is 0.292. The van der Waals surface area contributed by atoms with Gasteiger partial charge in [-0.2, -0.15) is 0 Å². The van der Waals surface area contributed by atoms with Gasteiger partial charge >= 0.3 is 0 Å². The maximum absolute atomic E-state index is 11.7. The van der Waals surface area contributed by atoms with E-state index in [2.05, 4.69) is 11.1 Å². The topological polar surface area (TPSA) is 72.4 Å². The van der Waals surface area contributed by atoms with Gasteiger partial charge < -0.3 is 15.2 Å². The predicted molar refractivity (Wildman–Crippen MR) is 59.1 cm³/mol. The molecule has 0 aromatic carbocycles. The van der Waals surface area contributed by atoms with Crippen LogP contribution < -0.4 is 5.73 Å². The second-order valence-corrected chi connectivity index (χ2v) is 3.64. The van der Waals surface area contributed by atoms with Crippen LogP contribution in [0.25, 0.3) is 0 Å². The first-order valence-electron chi connectivity index (χ1n) is 4.90. The first-order valence-corrected chi connectivity index (χ1v) is 4.90. The van der Waals surface area contributed by atoms with Crippen molar-refractivity contribution < 1.29 is 9.32 Å². The molecular weight excluding hydrogens is 206 g/mol. The molecule has 2 N–H and O–H groups in total. The summed E-state index contributed by atoms with van der Waals surface area (Å²) in [5.41, 5.74) is 6.31. The number of carbonyl (C=O) groups excluding carboxylic acids is 1. The van der Waals surface area contributed by atoms with Crippen molar-refractivity contribution in [3.63, 3.8) is 0 Å². The van der Waals surface area contributed by atoms with E-state index in [1.807, 2.05) is 0 Å². The Morgan fingerprint density at radius 3 is 3.00 bits per heavy atom. The summed E-state index contributed by atoms with van der Waals surface area (Å²) in [5.74, 6) is 2.88. The molecule has 86 valence electrons. The van der Waals surface area contributed by atoms with E-state index in [1.54, 1.807) is 20.0 Å². The summed E-state index contributed by atoms with van der Waals surface area (Å²) in [6, 6.07) is 1.12. The molecule has 0 radical (unpaired) electrons. The summed E-state index contributed by atoms with van der Waals surface area (Å²) < 4.78 is 4.90. The second kappa shape index (κ2) is 5.33. The number of nitrogens with two attached hydrogens (primary N) is 1. The summed E-state index contributed by atoms with van der Waals surface area (Å²) in [5, 5.41) is 3.79. The van der Waals surface area contributed by atoms with Gasteiger partial charge in [0.15, 0.2) is 0 Å². The average Bonchev–Trinajstić information content (AvgIpc) is 2.63. The van der Waals surface area contributed by atoms with E-state index >= 15 is 0 Å². The number of hydrogen-bond acceptors (Lipinski definition) is 4. The molecule has 1 aromatic heterocycles. The van der Waals surface area contributed by atoms with Gasteiger partial charge in [-0.3, -0.25) is 4.79 Å². The van der Waals surface area contributed by atoms with Crippen LogP contribution in [0.2, 0.25) is 0 Å². The molecule has 1 atom stereocenters. The first kappa shape index (κ1) is 12.3. The quantitative estimate of drug-likeness (QED) is 0.742. The average molecular weight is 221 g/mol. The van der Waals surface area contributed by atoms with Crippen LogP contribution in [0, 0.1) is 19.3 Å². The van der Waals surface area contributed by atoms with Gasteiger partial charge in [-0.05, 0) is 6.92 Å². The van der Waals surface area contributed by atoms with E-state index in [9.17, 15) is 4.79 Å². The molecule has 1 aromatic rings. The molecule has 1 rings (SSSR count). The maximum atomic E-state index is 11.7. The van der Waals surface area contributed by atoms with Crippen LogP contribution in [-0.4, -0.2) is 29.1 Å². The molecule has 16 heavy (non-hydrogen) atoms. The summed E-state index contributed by atoms with van der Waals surface area (Å²) in [6.45, 7) is 2.16. The van der Waals surface area contributed by atoms with Crippen LogP contribution in [0.3, 0.4) is 0 Å². The lowest BCUT2D eigenvalue weighted by atomic mass is 10.2. The highest BCUT2D eigenvalue weighted by Crippen LogP contribution is 2.05. The highest BCUT2D eigenvalue weighted by Gasteiger charge is 2.18. The molecule has 0 aliphatic carbocycles. The number of rotatable bonds is 4. The van der Waals surface area contributed by atoms with Crippen molar-refractivity contribution in [2.45, 2.75) is 25.9 Å². The van der Waals surface area contributed by atoms with Crippen molar-refractivity contribution in [3.05, 3.63) is 17.5 Å². The van der Waals surface area contributed by atoms with Gasteiger partial charge in [0.1, 0.15) is 11.5 Å². The van der Waals surface area contributed by atoms with Crippen LogP contribution in [0.1, 0.15) is 17.9 Å². The fourth-order valence-corrected chi connectivity index (χ4v) is 1.31. The zero-order chi connectivity index (χ0) is 12.1. The Balaban J connectivity index is 2.55. The molecule has 0 aliphatic heterocycles. The summed E-state index contributed by atoms with van der Waals surface area (Å²) in [7, 11) is 1.66. The number of amides is 1. The molecular formula is C11H15N3O2. The summed E-state index contributed by atoms with van der Waals surface area (Å²) >= 11 is 0. The second-order valence-electron chi connectivity index (χ2n) is 3.64. The summed E-state index contributed by atoms with van der Waals surface area (Å²) in [6.07, 6.45) is 5.33. The maximum Gasteiger partial charge on any atom is 0.240 e. The van der Waals surface area contributed by atoms with E-state index in [4.69, 9.17) is 16.7 Å². The Labute approximate surface area is 94.6 Å². The molecule has 0 fully saturated rings. The Bertz CT molecular complexity index is 406. The van der Waals surface area contributed by atoms with Crippen molar-refractivity contribution in [2.24, 2.45) is 5.73 Å². The highest BCUT2D eigenvalue weighted by molar-refractivity contribution is 5.81. The number of terminal acetylenes is 1. The first-order chi connectivity index (χ1) is 7.54. The number of aromatic nitrogens is 1. The number of likely N-dealkylation sites (N-methyl/N-ethyl adjacent to an activating group) is 1. The zero-order valence-corrected chi connectivity index (χ0v) is 9.43. The van der Waals surface area contributed by atoms with E-state index in [0.717, 1.165) is 0 Å². The van der Waals surface area contributed by atoms with Crippen molar-refractivity contribution in [1.29, 1.82) is 0 Å². The van der Waals surface area contributed by atoms with E-state index in [-0.39, 0.29) is 12.3 Å². The number of nitrogens with zero attached hydrogens (tertiary/aromatic N) is 2. The van der Waals surface area contributed by atoms with Gasteiger partial charge in [-0.1, -0.05) is 5.16 Å². The fraction of sp³-hybridized carbons (Fsp3) is 0.455. The minimum atomic E-state index is -0.650. The largest absolute Gasteiger partial charge is 0.361 e. The molecule has 0 aliphatic rings. The highest BCUT2D eigenvalue weighted by atomic mass is 16.5. The van der Waals surface area contributed by atoms with Gasteiger partial charge in [0.25, 0.3) is 0 Å². The smallest absolute Gasteiger partial charge is 0.240 e. The monoisotopic (exact) mass is 221 g/mol. The minimum Gasteiger partial charge on any atom is -0.361 e. The van der Waals surface area contributed by atoms with Crippen LogP contribution in [0.4, 0.5) is 0 Å². The van der Waals surface area contributed by atoms with Gasteiger partial charge in [-0.15, -0.1) is 12.3 Å². The molecule has 5 heteroatoms. The van der Waals surface area contributed by atoms with Gasteiger partial charge in [-0.25, -0.2) is 0 Å². The number of aryl methyl sites for hydroxylation is 1. The normalized spacial score (nSPS) is 11.9. The minimum absolute atomic E-state index is 0.196. The molecule has 0 saturated heterocycles. The van der Waals surface area contributed by atoms with E-state index < -0.39 is 6.04 Å². The number of hydrogen-bond donors (Lipinski definition) is 1. The summed E-state index contributed by atoms with van der Waals surface area (Å²) in [4.78, 5) is 13.2. The van der Waals surface area contributed by atoms with Gasteiger partial charge in [0.05, 0.1) is 12.6 Å². The Morgan fingerprint density at radius 2 is 2.50 bits per heavy atom. The Hall–Kier alpha value is -1.80. The standard InChI is InChI=1S/C11H15N3O2/c1-4-5-10(12)11(15)14(3)7-9-6-8(2)16-13-9/h1,6,10H,5,7,12H2,2-3H3. The van der Waals surface area contributed by atoms with Crippen molar-refractivity contribution in [1.82, 2.24) is 10.1 Å². The van der Waals surface area contributed by atoms with Gasteiger partial charge in [0, 0.05) is 19.5 Å². The molecule has 0 bridgehead atoms. The number of carbonyl (C=O) groups is 1. The van der Waals surface area contributed by atoms with Crippen LogP contribution in [-0.2, 0) is 11.3 Å². The Kier molecular flexibility index (Phi) is 4.09. The molecule has 1 heterocycles. The van der Waals surface area contributed by atoms with Crippen LogP contribution in [0.5, 0.6) is 0 Å². The lowest BCUT2D eigenvalue weighted by molar-refractivity contribution is -0.131. The van der Waals surface area contributed by atoms with Crippen molar-refractivity contribution in [2.75, 3.05) is 7.05 Å². The molecule has 1 unspecified atom stereocenters. The van der Waals surface area contributed by atoms with Crippen LogP contribution >= 0.6 is 0 Å². The lowest BCUT2D eigenvalue weighted by Crippen LogP contribution is -2.41. The third kappa shape index (κ3) is 3.11. The molecule has 0 spiro atoms. The third-order valence-corrected chi connectivity index (χ3v) is 2.11. The molecule has 0 saturated carbocycles. The van der Waals surface area contributed by atoms with E-state index in [1.165, 1.54) is 4.90 Å². The molecule has 1 amide bonds. The SMILES string of the molecule is C#CCC(N)C(=O)N(C)Cc1cc(C)on1.